The van der Waals surface area contributed by atoms with E-state index in [1.807, 2.05) is 58.8 Å². The standard InChI is InChI=1S/C27H30N4O3/c1-17-20(18(2)31-27(28-17)21-8-5-6-9-23(21)29-31)13-14-26(32)30-15-7-10-24(30)22-12-11-19(33-3)16-25(22)34-4/h5-6,8-9,11-12,16,24H,7,10,13-15H2,1-4H3/t24-/m0/s1. The molecule has 1 saturated heterocycles. The molecule has 0 saturated carbocycles. The second-order valence-corrected chi connectivity index (χ2v) is 8.87. The molecule has 1 aliphatic rings. The quantitative estimate of drug-likeness (QED) is 0.415. The Balaban J connectivity index is 1.38. The van der Waals surface area contributed by atoms with Gasteiger partial charge in [-0.2, -0.15) is 5.10 Å². The Bertz CT molecular complexity index is 1380. The highest BCUT2D eigenvalue weighted by atomic mass is 16.5. The number of fused-ring (bicyclic) bond motifs is 3. The molecule has 1 amide bonds. The molecule has 5 rings (SSSR count). The van der Waals surface area contributed by atoms with Crippen molar-refractivity contribution in [3.63, 3.8) is 0 Å². The van der Waals surface area contributed by atoms with E-state index < -0.39 is 0 Å². The van der Waals surface area contributed by atoms with E-state index in [4.69, 9.17) is 19.6 Å². The van der Waals surface area contributed by atoms with Gasteiger partial charge in [-0.1, -0.05) is 12.1 Å². The SMILES string of the molecule is COc1ccc([C@@H]2CCCN2C(=O)CCc2c(C)nc3c4ccccc4nn3c2C)c(OC)c1. The van der Waals surface area contributed by atoms with Gasteiger partial charge in [0.25, 0.3) is 0 Å². The summed E-state index contributed by atoms with van der Waals surface area (Å²) in [5.41, 5.74) is 5.92. The van der Waals surface area contributed by atoms with Crippen molar-refractivity contribution in [3.8, 4) is 11.5 Å². The Morgan fingerprint density at radius 1 is 1.12 bits per heavy atom. The molecule has 0 radical (unpaired) electrons. The van der Waals surface area contributed by atoms with Gasteiger partial charge < -0.3 is 14.4 Å². The molecule has 1 atom stereocenters. The van der Waals surface area contributed by atoms with Crippen molar-refractivity contribution in [2.45, 2.75) is 45.6 Å². The molecule has 0 spiro atoms. The second-order valence-electron chi connectivity index (χ2n) is 8.87. The van der Waals surface area contributed by atoms with Crippen molar-refractivity contribution in [1.82, 2.24) is 19.5 Å². The lowest BCUT2D eigenvalue weighted by Gasteiger charge is -2.27. The van der Waals surface area contributed by atoms with Gasteiger partial charge in [0.1, 0.15) is 11.5 Å². The van der Waals surface area contributed by atoms with Crippen LogP contribution in [-0.4, -0.2) is 46.2 Å². The zero-order valence-electron chi connectivity index (χ0n) is 20.2. The molecule has 3 heterocycles. The van der Waals surface area contributed by atoms with Crippen LogP contribution in [0.25, 0.3) is 16.6 Å². The van der Waals surface area contributed by atoms with E-state index in [1.54, 1.807) is 14.2 Å². The number of aryl methyl sites for hydroxylation is 2. The van der Waals surface area contributed by atoms with Crippen LogP contribution in [-0.2, 0) is 11.2 Å². The van der Waals surface area contributed by atoms with Gasteiger partial charge in [-0.25, -0.2) is 9.50 Å². The minimum atomic E-state index is 0.0209. The predicted octanol–water partition coefficient (Wildman–Crippen LogP) is 4.81. The lowest BCUT2D eigenvalue weighted by molar-refractivity contribution is -0.132. The average molecular weight is 459 g/mol. The Morgan fingerprint density at radius 3 is 2.74 bits per heavy atom. The Kier molecular flexibility index (Phi) is 5.86. The van der Waals surface area contributed by atoms with Gasteiger partial charge in [-0.15, -0.1) is 0 Å². The molecule has 176 valence electrons. The Labute approximate surface area is 199 Å². The fraction of sp³-hybridized carbons (Fsp3) is 0.370. The van der Waals surface area contributed by atoms with E-state index in [1.165, 1.54) is 0 Å². The number of rotatable bonds is 6. The van der Waals surface area contributed by atoms with Gasteiger partial charge in [0, 0.05) is 41.4 Å². The predicted molar refractivity (Wildman–Crippen MR) is 132 cm³/mol. The van der Waals surface area contributed by atoms with Gasteiger partial charge in [0.2, 0.25) is 5.91 Å². The number of benzene rings is 2. The molecule has 7 heteroatoms. The number of aromatic nitrogens is 3. The Hall–Kier alpha value is -3.61. The largest absolute Gasteiger partial charge is 0.497 e. The van der Waals surface area contributed by atoms with Crippen molar-refractivity contribution < 1.29 is 14.3 Å². The summed E-state index contributed by atoms with van der Waals surface area (Å²) in [6, 6.07) is 13.9. The third-order valence-electron chi connectivity index (χ3n) is 6.98. The lowest BCUT2D eigenvalue weighted by Crippen LogP contribution is -2.31. The average Bonchev–Trinajstić information content (AvgIpc) is 3.49. The summed E-state index contributed by atoms with van der Waals surface area (Å²) in [5, 5.41) is 5.79. The summed E-state index contributed by atoms with van der Waals surface area (Å²) >= 11 is 0. The molecule has 0 unspecified atom stereocenters. The smallest absolute Gasteiger partial charge is 0.223 e. The Morgan fingerprint density at radius 2 is 1.94 bits per heavy atom. The molecule has 0 aliphatic carbocycles. The summed E-state index contributed by atoms with van der Waals surface area (Å²) in [6.07, 6.45) is 2.99. The number of nitrogens with zero attached hydrogens (tertiary/aromatic N) is 4. The lowest BCUT2D eigenvalue weighted by atomic mass is 10.0. The molecule has 2 aromatic carbocycles. The van der Waals surface area contributed by atoms with Crippen LogP contribution < -0.4 is 9.47 Å². The molecule has 1 fully saturated rings. The molecule has 7 nitrogen and oxygen atoms in total. The number of hydrogen-bond donors (Lipinski definition) is 0. The van der Waals surface area contributed by atoms with Crippen LogP contribution >= 0.6 is 0 Å². The maximum absolute atomic E-state index is 13.4. The normalized spacial score (nSPS) is 15.9. The van der Waals surface area contributed by atoms with Crippen molar-refractivity contribution in [1.29, 1.82) is 0 Å². The van der Waals surface area contributed by atoms with Crippen LogP contribution in [0.2, 0.25) is 0 Å². The fourth-order valence-electron chi connectivity index (χ4n) is 5.20. The topological polar surface area (TPSA) is 69.0 Å². The first-order valence-electron chi connectivity index (χ1n) is 11.8. The minimum absolute atomic E-state index is 0.0209. The number of hydrogen-bond acceptors (Lipinski definition) is 5. The summed E-state index contributed by atoms with van der Waals surface area (Å²) in [4.78, 5) is 20.2. The van der Waals surface area contributed by atoms with Crippen molar-refractivity contribution in [2.24, 2.45) is 0 Å². The van der Waals surface area contributed by atoms with Gasteiger partial charge in [-0.05, 0) is 62.9 Å². The maximum atomic E-state index is 13.4. The maximum Gasteiger partial charge on any atom is 0.223 e. The monoisotopic (exact) mass is 458 g/mol. The van der Waals surface area contributed by atoms with Crippen LogP contribution in [0, 0.1) is 13.8 Å². The summed E-state index contributed by atoms with van der Waals surface area (Å²) in [6.45, 7) is 4.85. The number of carbonyl (C=O) groups is 1. The van der Waals surface area contributed by atoms with Crippen LogP contribution in [0.15, 0.2) is 42.5 Å². The zero-order valence-corrected chi connectivity index (χ0v) is 20.2. The molecule has 0 bridgehead atoms. The summed E-state index contributed by atoms with van der Waals surface area (Å²) in [5.74, 6) is 1.66. The number of carbonyl (C=O) groups excluding carboxylic acids is 1. The number of amides is 1. The van der Waals surface area contributed by atoms with E-state index in [9.17, 15) is 4.79 Å². The number of likely N-dealkylation sites (tertiary alicyclic amines) is 1. The van der Waals surface area contributed by atoms with Crippen LogP contribution in [0.4, 0.5) is 0 Å². The van der Waals surface area contributed by atoms with Gasteiger partial charge >= 0.3 is 0 Å². The summed E-state index contributed by atoms with van der Waals surface area (Å²) < 4.78 is 12.9. The number of methoxy groups -OCH3 is 2. The zero-order chi connectivity index (χ0) is 23.8. The summed E-state index contributed by atoms with van der Waals surface area (Å²) in [7, 11) is 3.30. The van der Waals surface area contributed by atoms with Gasteiger partial charge in [-0.3, -0.25) is 4.79 Å². The molecular weight excluding hydrogens is 428 g/mol. The van der Waals surface area contributed by atoms with Crippen LogP contribution in [0.1, 0.15) is 47.8 Å². The van der Waals surface area contributed by atoms with Crippen LogP contribution in [0.3, 0.4) is 0 Å². The number of ether oxygens (including phenoxy) is 2. The van der Waals surface area contributed by atoms with Crippen molar-refractivity contribution in [3.05, 3.63) is 65.0 Å². The minimum Gasteiger partial charge on any atom is -0.497 e. The van der Waals surface area contributed by atoms with Crippen molar-refractivity contribution >= 4 is 22.5 Å². The van der Waals surface area contributed by atoms with E-state index in [0.29, 0.717) is 12.8 Å². The van der Waals surface area contributed by atoms with E-state index >= 15 is 0 Å². The van der Waals surface area contributed by atoms with E-state index in [2.05, 4.69) is 6.92 Å². The van der Waals surface area contributed by atoms with E-state index in [-0.39, 0.29) is 11.9 Å². The molecule has 34 heavy (non-hydrogen) atoms. The molecule has 0 N–H and O–H groups in total. The third kappa shape index (κ3) is 3.75. The van der Waals surface area contributed by atoms with Crippen LogP contribution in [0.5, 0.6) is 11.5 Å². The highest BCUT2D eigenvalue weighted by Crippen LogP contribution is 2.39. The highest BCUT2D eigenvalue weighted by Gasteiger charge is 2.32. The molecule has 2 aromatic heterocycles. The first-order valence-corrected chi connectivity index (χ1v) is 11.8. The molecule has 4 aromatic rings. The molecular formula is C27H30N4O3. The molecule has 1 aliphatic heterocycles. The van der Waals surface area contributed by atoms with Crippen molar-refractivity contribution in [2.75, 3.05) is 20.8 Å². The second kappa shape index (κ2) is 8.97. The highest BCUT2D eigenvalue weighted by molar-refractivity contribution is 5.92. The van der Waals surface area contributed by atoms with E-state index in [0.717, 1.165) is 70.0 Å². The van der Waals surface area contributed by atoms with Gasteiger partial charge in [0.15, 0.2) is 5.65 Å². The van der Waals surface area contributed by atoms with Gasteiger partial charge in [0.05, 0.1) is 25.8 Å². The fourth-order valence-corrected chi connectivity index (χ4v) is 5.20. The first-order chi connectivity index (χ1) is 16.5. The first kappa shape index (κ1) is 22.2. The third-order valence-corrected chi connectivity index (χ3v) is 6.98.